The molecule has 0 saturated carbocycles. The van der Waals surface area contributed by atoms with Crippen LogP contribution in [0.15, 0.2) is 54.2 Å². The van der Waals surface area contributed by atoms with Crippen molar-refractivity contribution in [2.75, 3.05) is 19.0 Å². The number of ketones is 1. The zero-order chi connectivity index (χ0) is 16.8. The van der Waals surface area contributed by atoms with Gasteiger partial charge in [-0.2, -0.15) is 0 Å². The first-order chi connectivity index (χ1) is 11.7. The molecule has 0 radical (unpaired) electrons. The van der Waals surface area contributed by atoms with Crippen LogP contribution < -0.4 is 10.1 Å². The van der Waals surface area contributed by atoms with Crippen LogP contribution in [0.3, 0.4) is 0 Å². The zero-order valence-electron chi connectivity index (χ0n) is 13.2. The Morgan fingerprint density at radius 2 is 1.92 bits per heavy atom. The molecule has 5 nitrogen and oxygen atoms in total. The Morgan fingerprint density at radius 1 is 1.17 bits per heavy atom. The van der Waals surface area contributed by atoms with Gasteiger partial charge in [0.1, 0.15) is 16.6 Å². The monoisotopic (exact) mass is 339 g/mol. The van der Waals surface area contributed by atoms with Crippen molar-refractivity contribution in [1.29, 1.82) is 0 Å². The third-order valence-electron chi connectivity index (χ3n) is 3.46. The van der Waals surface area contributed by atoms with Gasteiger partial charge in [0.2, 0.25) is 0 Å². The molecule has 2 aromatic heterocycles. The fraction of sp³-hybridized carbons (Fsp3) is 0.167. The Balaban J connectivity index is 1.53. The summed E-state index contributed by atoms with van der Waals surface area (Å²) in [5.74, 6) is 1.61. The minimum absolute atomic E-state index is 0.110. The summed E-state index contributed by atoms with van der Waals surface area (Å²) in [6.45, 7) is 0.256. The molecule has 0 amide bonds. The highest BCUT2D eigenvalue weighted by Gasteiger charge is 2.07. The number of aromatic nitrogens is 2. The van der Waals surface area contributed by atoms with E-state index in [9.17, 15) is 4.79 Å². The lowest BCUT2D eigenvalue weighted by atomic mass is 10.1. The van der Waals surface area contributed by atoms with Crippen LogP contribution in [-0.2, 0) is 11.2 Å². The number of Topliss-reactive ketones (excluding diaryl/α,β-unsaturated/α-hetero) is 1. The quantitative estimate of drug-likeness (QED) is 0.714. The minimum Gasteiger partial charge on any atom is -0.497 e. The summed E-state index contributed by atoms with van der Waals surface area (Å²) >= 11 is 1.54. The summed E-state index contributed by atoms with van der Waals surface area (Å²) in [6, 6.07) is 11.4. The number of hydrogen-bond acceptors (Lipinski definition) is 6. The topological polar surface area (TPSA) is 64.1 Å². The maximum atomic E-state index is 12.1. The largest absolute Gasteiger partial charge is 0.497 e. The molecular formula is C18H17N3O2S. The first-order valence-electron chi connectivity index (χ1n) is 7.49. The van der Waals surface area contributed by atoms with Gasteiger partial charge in [0.25, 0.3) is 0 Å². The SMILES string of the molecule is COc1ccc(CC(=O)CNc2csc(-c3ccncc3)n2)cc1. The molecule has 0 atom stereocenters. The predicted octanol–water partition coefficient (Wildman–Crippen LogP) is 3.44. The van der Waals surface area contributed by atoms with Crippen molar-refractivity contribution in [3.63, 3.8) is 0 Å². The Kier molecular flexibility index (Phi) is 5.18. The number of ether oxygens (including phenoxy) is 1. The minimum atomic E-state index is 0.110. The molecule has 122 valence electrons. The maximum Gasteiger partial charge on any atom is 0.156 e. The van der Waals surface area contributed by atoms with Crippen molar-refractivity contribution in [2.45, 2.75) is 6.42 Å². The molecule has 0 aliphatic heterocycles. The van der Waals surface area contributed by atoms with Gasteiger partial charge in [-0.3, -0.25) is 9.78 Å². The van der Waals surface area contributed by atoms with Gasteiger partial charge in [-0.05, 0) is 29.8 Å². The Morgan fingerprint density at radius 3 is 2.62 bits per heavy atom. The van der Waals surface area contributed by atoms with Crippen molar-refractivity contribution in [1.82, 2.24) is 9.97 Å². The van der Waals surface area contributed by atoms with E-state index in [-0.39, 0.29) is 12.3 Å². The van der Waals surface area contributed by atoms with E-state index in [0.29, 0.717) is 6.42 Å². The highest BCUT2D eigenvalue weighted by Crippen LogP contribution is 2.25. The molecule has 3 rings (SSSR count). The number of nitrogens with zero attached hydrogens (tertiary/aromatic N) is 2. The molecule has 1 aromatic carbocycles. The van der Waals surface area contributed by atoms with Gasteiger partial charge in [0, 0.05) is 29.8 Å². The third-order valence-corrected chi connectivity index (χ3v) is 4.35. The summed E-state index contributed by atoms with van der Waals surface area (Å²) in [5.41, 5.74) is 1.99. The molecule has 0 spiro atoms. The number of nitrogens with one attached hydrogen (secondary N) is 1. The van der Waals surface area contributed by atoms with Crippen LogP contribution in [0.1, 0.15) is 5.56 Å². The van der Waals surface area contributed by atoms with Crippen molar-refractivity contribution < 1.29 is 9.53 Å². The normalized spacial score (nSPS) is 10.4. The fourth-order valence-corrected chi connectivity index (χ4v) is 2.99. The van der Waals surface area contributed by atoms with Gasteiger partial charge < -0.3 is 10.1 Å². The maximum absolute atomic E-state index is 12.1. The third kappa shape index (κ3) is 4.17. The molecular weight excluding hydrogens is 322 g/mol. The Bertz CT molecular complexity index is 801. The lowest BCUT2D eigenvalue weighted by molar-refractivity contribution is -0.116. The number of carbonyl (C=O) groups is 1. The lowest BCUT2D eigenvalue weighted by Crippen LogP contribution is -2.16. The number of anilines is 1. The second kappa shape index (κ2) is 7.70. The lowest BCUT2D eigenvalue weighted by Gasteiger charge is -2.04. The van der Waals surface area contributed by atoms with Crippen molar-refractivity contribution in [3.8, 4) is 16.3 Å². The number of carbonyl (C=O) groups excluding carboxylic acids is 1. The molecule has 2 heterocycles. The van der Waals surface area contributed by atoms with E-state index in [2.05, 4.69) is 15.3 Å². The molecule has 0 aliphatic carbocycles. The van der Waals surface area contributed by atoms with Gasteiger partial charge in [-0.15, -0.1) is 11.3 Å². The highest BCUT2D eigenvalue weighted by molar-refractivity contribution is 7.13. The average molecular weight is 339 g/mol. The van der Waals surface area contributed by atoms with Crippen LogP contribution in [0.4, 0.5) is 5.82 Å². The first kappa shape index (κ1) is 16.1. The summed E-state index contributed by atoms with van der Waals surface area (Å²) in [4.78, 5) is 20.6. The van der Waals surface area contributed by atoms with E-state index in [0.717, 1.165) is 27.7 Å². The number of thiazole rings is 1. The molecule has 0 fully saturated rings. The second-order valence-electron chi connectivity index (χ2n) is 5.19. The van der Waals surface area contributed by atoms with Gasteiger partial charge in [-0.25, -0.2) is 4.98 Å². The molecule has 0 aliphatic rings. The first-order valence-corrected chi connectivity index (χ1v) is 8.37. The number of hydrogen-bond donors (Lipinski definition) is 1. The Hall–Kier alpha value is -2.73. The van der Waals surface area contributed by atoms with Crippen LogP contribution in [0, 0.1) is 0 Å². The van der Waals surface area contributed by atoms with Crippen molar-refractivity contribution in [3.05, 3.63) is 59.7 Å². The van der Waals surface area contributed by atoms with E-state index < -0.39 is 0 Å². The van der Waals surface area contributed by atoms with Gasteiger partial charge >= 0.3 is 0 Å². The second-order valence-corrected chi connectivity index (χ2v) is 6.05. The number of pyridine rings is 1. The van der Waals surface area contributed by atoms with Gasteiger partial charge in [0.05, 0.1) is 13.7 Å². The zero-order valence-corrected chi connectivity index (χ0v) is 14.0. The average Bonchev–Trinajstić information content (AvgIpc) is 3.10. The van der Waals surface area contributed by atoms with Crippen molar-refractivity contribution in [2.24, 2.45) is 0 Å². The van der Waals surface area contributed by atoms with Crippen LogP contribution in [0.5, 0.6) is 5.75 Å². The van der Waals surface area contributed by atoms with Crippen LogP contribution in [0.2, 0.25) is 0 Å². The summed E-state index contributed by atoms with van der Waals surface area (Å²) in [5, 5.41) is 5.91. The van der Waals surface area contributed by atoms with Crippen LogP contribution >= 0.6 is 11.3 Å². The predicted molar refractivity (Wildman–Crippen MR) is 95.5 cm³/mol. The molecule has 1 N–H and O–H groups in total. The van der Waals surface area contributed by atoms with E-state index >= 15 is 0 Å². The smallest absolute Gasteiger partial charge is 0.156 e. The molecule has 24 heavy (non-hydrogen) atoms. The molecule has 0 saturated heterocycles. The number of rotatable bonds is 7. The fourth-order valence-electron chi connectivity index (χ4n) is 2.20. The summed E-state index contributed by atoms with van der Waals surface area (Å²) < 4.78 is 5.11. The van der Waals surface area contributed by atoms with Gasteiger partial charge in [-0.1, -0.05) is 12.1 Å². The summed E-state index contributed by atoms with van der Waals surface area (Å²) in [7, 11) is 1.62. The van der Waals surface area contributed by atoms with Crippen LogP contribution in [0.25, 0.3) is 10.6 Å². The summed E-state index contributed by atoms with van der Waals surface area (Å²) in [6.07, 6.45) is 3.86. The number of benzene rings is 1. The molecule has 0 unspecified atom stereocenters. The number of methoxy groups -OCH3 is 1. The van der Waals surface area contributed by atoms with E-state index in [1.165, 1.54) is 11.3 Å². The highest BCUT2D eigenvalue weighted by atomic mass is 32.1. The molecule has 3 aromatic rings. The van der Waals surface area contributed by atoms with E-state index in [1.54, 1.807) is 19.5 Å². The van der Waals surface area contributed by atoms with Gasteiger partial charge in [0.15, 0.2) is 5.78 Å². The van der Waals surface area contributed by atoms with E-state index in [1.807, 2.05) is 41.8 Å². The van der Waals surface area contributed by atoms with E-state index in [4.69, 9.17) is 4.74 Å². The standard InChI is InChI=1S/C18H17N3O2S/c1-23-16-4-2-13(3-5-16)10-15(22)11-20-17-12-24-18(21-17)14-6-8-19-9-7-14/h2-9,12,20H,10-11H2,1H3. The van der Waals surface area contributed by atoms with Crippen LogP contribution in [-0.4, -0.2) is 29.4 Å². The Labute approximate surface area is 144 Å². The molecule has 0 bridgehead atoms. The van der Waals surface area contributed by atoms with Crippen molar-refractivity contribution >= 4 is 22.9 Å². The molecule has 6 heteroatoms.